The summed E-state index contributed by atoms with van der Waals surface area (Å²) in [5.41, 5.74) is 2.10. The molecule has 0 radical (unpaired) electrons. The number of carbonyl (C=O) groups is 1. The minimum atomic E-state index is -0.727. The van der Waals surface area contributed by atoms with Gasteiger partial charge in [-0.05, 0) is 42.4 Å². The molecule has 0 spiro atoms. The van der Waals surface area contributed by atoms with Crippen LogP contribution < -0.4 is 0 Å². The molecule has 1 unspecified atom stereocenters. The molecule has 0 aliphatic heterocycles. The fourth-order valence-electron chi connectivity index (χ4n) is 2.48. The van der Waals surface area contributed by atoms with Crippen LogP contribution in [0.15, 0.2) is 18.2 Å². The van der Waals surface area contributed by atoms with Gasteiger partial charge >= 0.3 is 5.97 Å². The molecule has 1 aliphatic rings. The molecule has 1 atom stereocenters. The first kappa shape index (κ1) is 13.4. The van der Waals surface area contributed by atoms with E-state index >= 15 is 0 Å². The van der Waals surface area contributed by atoms with Gasteiger partial charge in [-0.25, -0.2) is 0 Å². The van der Waals surface area contributed by atoms with Gasteiger partial charge in [0.15, 0.2) is 0 Å². The van der Waals surface area contributed by atoms with Gasteiger partial charge in [-0.15, -0.1) is 0 Å². The summed E-state index contributed by atoms with van der Waals surface area (Å²) < 4.78 is 0. The standard InChI is InChI=1S/C15H19ClO2/c1-3-10(2)12-5-4-11(8-13(12)16)15(6-7-15)9-14(17)18/h4-5,8,10H,3,6-7,9H2,1-2H3,(H,17,18). The van der Waals surface area contributed by atoms with Crippen LogP contribution in [0.5, 0.6) is 0 Å². The number of carboxylic acids is 1. The number of benzene rings is 1. The van der Waals surface area contributed by atoms with Crippen molar-refractivity contribution in [1.29, 1.82) is 0 Å². The Bertz CT molecular complexity index is 464. The lowest BCUT2D eigenvalue weighted by atomic mass is 9.89. The second-order valence-corrected chi connectivity index (χ2v) is 5.80. The summed E-state index contributed by atoms with van der Waals surface area (Å²) in [6, 6.07) is 6.09. The lowest BCUT2D eigenvalue weighted by Gasteiger charge is -2.17. The van der Waals surface area contributed by atoms with Crippen molar-refractivity contribution in [1.82, 2.24) is 0 Å². The zero-order valence-electron chi connectivity index (χ0n) is 10.9. The van der Waals surface area contributed by atoms with E-state index in [1.54, 1.807) is 0 Å². The number of rotatable bonds is 5. The second kappa shape index (κ2) is 4.93. The van der Waals surface area contributed by atoms with Crippen molar-refractivity contribution < 1.29 is 9.90 Å². The first-order chi connectivity index (χ1) is 8.48. The number of aliphatic carboxylic acids is 1. The largest absolute Gasteiger partial charge is 0.481 e. The first-order valence-electron chi connectivity index (χ1n) is 6.50. The zero-order chi connectivity index (χ0) is 13.3. The second-order valence-electron chi connectivity index (χ2n) is 5.40. The van der Waals surface area contributed by atoms with Crippen LogP contribution in [0.2, 0.25) is 5.02 Å². The van der Waals surface area contributed by atoms with Crippen molar-refractivity contribution in [2.24, 2.45) is 0 Å². The maximum Gasteiger partial charge on any atom is 0.304 e. The van der Waals surface area contributed by atoms with Gasteiger partial charge in [0, 0.05) is 10.4 Å². The van der Waals surface area contributed by atoms with Gasteiger partial charge < -0.3 is 5.11 Å². The van der Waals surface area contributed by atoms with E-state index in [2.05, 4.69) is 26.0 Å². The monoisotopic (exact) mass is 266 g/mol. The van der Waals surface area contributed by atoms with Gasteiger partial charge in [0.2, 0.25) is 0 Å². The third-order valence-electron chi connectivity index (χ3n) is 4.10. The molecule has 18 heavy (non-hydrogen) atoms. The Morgan fingerprint density at radius 2 is 2.17 bits per heavy atom. The third kappa shape index (κ3) is 2.54. The minimum Gasteiger partial charge on any atom is -0.481 e. The van der Waals surface area contributed by atoms with E-state index in [9.17, 15) is 4.79 Å². The molecule has 2 rings (SSSR count). The number of hydrogen-bond acceptors (Lipinski definition) is 1. The van der Waals surface area contributed by atoms with E-state index in [0.29, 0.717) is 5.92 Å². The van der Waals surface area contributed by atoms with Crippen molar-refractivity contribution in [3.63, 3.8) is 0 Å². The molecule has 98 valence electrons. The molecule has 0 aromatic heterocycles. The van der Waals surface area contributed by atoms with Crippen LogP contribution in [0, 0.1) is 0 Å². The molecular formula is C15H19ClO2. The van der Waals surface area contributed by atoms with Gasteiger partial charge in [0.05, 0.1) is 6.42 Å². The Kier molecular flexibility index (Phi) is 3.67. The highest BCUT2D eigenvalue weighted by Gasteiger charge is 2.46. The van der Waals surface area contributed by atoms with Crippen LogP contribution in [-0.4, -0.2) is 11.1 Å². The normalized spacial score (nSPS) is 18.4. The van der Waals surface area contributed by atoms with Crippen LogP contribution >= 0.6 is 11.6 Å². The number of hydrogen-bond donors (Lipinski definition) is 1. The average Bonchev–Trinajstić information content (AvgIpc) is 3.08. The fourth-order valence-corrected chi connectivity index (χ4v) is 2.85. The van der Waals surface area contributed by atoms with Gasteiger partial charge in [0.1, 0.15) is 0 Å². The summed E-state index contributed by atoms with van der Waals surface area (Å²) in [6.45, 7) is 4.30. The van der Waals surface area contributed by atoms with Crippen LogP contribution in [-0.2, 0) is 10.2 Å². The summed E-state index contributed by atoms with van der Waals surface area (Å²) in [7, 11) is 0. The number of halogens is 1. The van der Waals surface area contributed by atoms with Gasteiger partial charge in [-0.2, -0.15) is 0 Å². The molecular weight excluding hydrogens is 248 g/mol. The van der Waals surface area contributed by atoms with Gasteiger partial charge in [0.25, 0.3) is 0 Å². The van der Waals surface area contributed by atoms with E-state index in [0.717, 1.165) is 35.4 Å². The predicted molar refractivity (Wildman–Crippen MR) is 73.3 cm³/mol. The molecule has 1 aromatic rings. The van der Waals surface area contributed by atoms with Crippen LogP contribution in [0.25, 0.3) is 0 Å². The average molecular weight is 267 g/mol. The lowest BCUT2D eigenvalue weighted by Crippen LogP contribution is -2.13. The van der Waals surface area contributed by atoms with Crippen LogP contribution in [0.4, 0.5) is 0 Å². The van der Waals surface area contributed by atoms with E-state index in [1.807, 2.05) is 6.07 Å². The Morgan fingerprint density at radius 1 is 1.50 bits per heavy atom. The molecule has 0 bridgehead atoms. The summed E-state index contributed by atoms with van der Waals surface area (Å²) in [4.78, 5) is 10.9. The molecule has 0 saturated heterocycles. The highest BCUT2D eigenvalue weighted by atomic mass is 35.5. The molecule has 1 fully saturated rings. The molecule has 0 amide bonds. The molecule has 1 aliphatic carbocycles. The predicted octanol–water partition coefficient (Wildman–Crippen LogP) is 4.36. The molecule has 0 heterocycles. The maximum absolute atomic E-state index is 10.9. The van der Waals surface area contributed by atoms with E-state index in [-0.39, 0.29) is 11.8 Å². The first-order valence-corrected chi connectivity index (χ1v) is 6.88. The quantitative estimate of drug-likeness (QED) is 0.860. The summed E-state index contributed by atoms with van der Waals surface area (Å²) >= 11 is 6.33. The Morgan fingerprint density at radius 3 is 2.61 bits per heavy atom. The van der Waals surface area contributed by atoms with E-state index in [4.69, 9.17) is 16.7 Å². The smallest absolute Gasteiger partial charge is 0.304 e. The summed E-state index contributed by atoms with van der Waals surface area (Å²) in [5.74, 6) is -0.282. The summed E-state index contributed by atoms with van der Waals surface area (Å²) in [6.07, 6.45) is 3.18. The number of carboxylic acid groups (broad SMARTS) is 1. The minimum absolute atomic E-state index is 0.149. The van der Waals surface area contributed by atoms with E-state index in [1.165, 1.54) is 0 Å². The van der Waals surface area contributed by atoms with Crippen molar-refractivity contribution in [3.8, 4) is 0 Å². The highest BCUT2D eigenvalue weighted by Crippen LogP contribution is 2.51. The SMILES string of the molecule is CCC(C)c1ccc(C2(CC(=O)O)CC2)cc1Cl. The van der Waals surface area contributed by atoms with Crippen molar-refractivity contribution >= 4 is 17.6 Å². The lowest BCUT2D eigenvalue weighted by molar-refractivity contribution is -0.137. The Labute approximate surface area is 113 Å². The van der Waals surface area contributed by atoms with Crippen molar-refractivity contribution in [2.45, 2.75) is 50.9 Å². The molecule has 2 nitrogen and oxygen atoms in total. The zero-order valence-corrected chi connectivity index (χ0v) is 11.6. The van der Waals surface area contributed by atoms with Crippen LogP contribution in [0.3, 0.4) is 0 Å². The Hall–Kier alpha value is -1.02. The van der Waals surface area contributed by atoms with Gasteiger partial charge in [-0.3, -0.25) is 4.79 Å². The van der Waals surface area contributed by atoms with E-state index < -0.39 is 5.97 Å². The van der Waals surface area contributed by atoms with Gasteiger partial charge in [-0.1, -0.05) is 37.6 Å². The molecule has 1 saturated carbocycles. The van der Waals surface area contributed by atoms with Crippen molar-refractivity contribution in [2.75, 3.05) is 0 Å². The molecule has 3 heteroatoms. The molecule has 1 aromatic carbocycles. The topological polar surface area (TPSA) is 37.3 Å². The highest BCUT2D eigenvalue weighted by molar-refractivity contribution is 6.31. The maximum atomic E-state index is 10.9. The third-order valence-corrected chi connectivity index (χ3v) is 4.43. The molecule has 1 N–H and O–H groups in total. The Balaban J connectivity index is 2.27. The fraction of sp³-hybridized carbons (Fsp3) is 0.533. The van der Waals surface area contributed by atoms with Crippen LogP contribution in [0.1, 0.15) is 56.6 Å². The summed E-state index contributed by atoms with van der Waals surface area (Å²) in [5, 5.41) is 9.74. The van der Waals surface area contributed by atoms with Crippen molar-refractivity contribution in [3.05, 3.63) is 34.3 Å².